The van der Waals surface area contributed by atoms with Crippen LogP contribution in [0.1, 0.15) is 17.2 Å². The van der Waals surface area contributed by atoms with Crippen molar-refractivity contribution in [2.75, 3.05) is 0 Å². The lowest BCUT2D eigenvalue weighted by atomic mass is 10.1. The molecule has 3 nitrogen and oxygen atoms in total. The Morgan fingerprint density at radius 2 is 1.48 bits per heavy atom. The Labute approximate surface area is 130 Å². The molecule has 1 atom stereocenters. The molecule has 0 saturated heterocycles. The standard InChI is InChI=1S/C15H12F4O3S/c1-10-2-4-11(5-3-10)14(15(17,18)19)22-23(20,21)13-8-6-12(16)7-9-13/h2-9,14H,1H3. The van der Waals surface area contributed by atoms with Crippen LogP contribution in [0.2, 0.25) is 0 Å². The number of benzene rings is 2. The van der Waals surface area contributed by atoms with Crippen LogP contribution in [0.4, 0.5) is 17.6 Å². The lowest BCUT2D eigenvalue weighted by Gasteiger charge is -2.21. The topological polar surface area (TPSA) is 43.4 Å². The second-order valence-corrected chi connectivity index (χ2v) is 6.41. The van der Waals surface area contributed by atoms with Crippen molar-refractivity contribution >= 4 is 10.1 Å². The minimum atomic E-state index is -4.93. The zero-order valence-corrected chi connectivity index (χ0v) is 12.7. The van der Waals surface area contributed by atoms with Crippen LogP contribution in [-0.2, 0) is 14.3 Å². The first-order valence-corrected chi connectivity index (χ1v) is 7.82. The molecule has 0 saturated carbocycles. The van der Waals surface area contributed by atoms with Crippen molar-refractivity contribution in [1.82, 2.24) is 0 Å². The van der Waals surface area contributed by atoms with E-state index in [2.05, 4.69) is 4.18 Å². The predicted molar refractivity (Wildman–Crippen MR) is 74.6 cm³/mol. The van der Waals surface area contributed by atoms with Gasteiger partial charge >= 0.3 is 6.18 Å². The minimum Gasteiger partial charge on any atom is -0.248 e. The highest BCUT2D eigenvalue weighted by Gasteiger charge is 2.45. The van der Waals surface area contributed by atoms with E-state index in [1.807, 2.05) is 0 Å². The van der Waals surface area contributed by atoms with Crippen LogP contribution in [0.3, 0.4) is 0 Å². The lowest BCUT2D eigenvalue weighted by Crippen LogP contribution is -2.26. The van der Waals surface area contributed by atoms with E-state index in [-0.39, 0.29) is 5.56 Å². The van der Waals surface area contributed by atoms with Crippen LogP contribution >= 0.6 is 0 Å². The Bertz CT molecular complexity index is 766. The molecule has 8 heteroatoms. The molecule has 2 aromatic rings. The molecule has 0 radical (unpaired) electrons. The van der Waals surface area contributed by atoms with Gasteiger partial charge in [-0.1, -0.05) is 29.8 Å². The fourth-order valence-corrected chi connectivity index (χ4v) is 2.88. The SMILES string of the molecule is Cc1ccc(C(OS(=O)(=O)c2ccc(F)cc2)C(F)(F)F)cc1. The maximum Gasteiger partial charge on any atom is 0.420 e. The first-order chi connectivity index (χ1) is 10.6. The third kappa shape index (κ3) is 4.29. The summed E-state index contributed by atoms with van der Waals surface area (Å²) in [6.07, 6.45) is -7.57. The largest absolute Gasteiger partial charge is 0.420 e. The van der Waals surface area contributed by atoms with E-state index in [9.17, 15) is 26.0 Å². The highest BCUT2D eigenvalue weighted by atomic mass is 32.2. The van der Waals surface area contributed by atoms with Gasteiger partial charge in [-0.05, 0) is 36.8 Å². The van der Waals surface area contributed by atoms with Gasteiger partial charge in [-0.2, -0.15) is 21.6 Å². The summed E-state index contributed by atoms with van der Waals surface area (Å²) in [6.45, 7) is 1.68. The minimum absolute atomic E-state index is 0.339. The fourth-order valence-electron chi connectivity index (χ4n) is 1.82. The molecular formula is C15H12F4O3S. The molecule has 0 spiro atoms. The summed E-state index contributed by atoms with van der Waals surface area (Å²) in [6, 6.07) is 8.46. The third-order valence-electron chi connectivity index (χ3n) is 3.00. The summed E-state index contributed by atoms with van der Waals surface area (Å²) in [5, 5.41) is 0. The van der Waals surface area contributed by atoms with Crippen molar-refractivity contribution in [3.05, 3.63) is 65.5 Å². The maximum atomic E-state index is 13.2. The predicted octanol–water partition coefficient (Wildman–Crippen LogP) is 4.14. The summed E-state index contributed by atoms with van der Waals surface area (Å²) < 4.78 is 80.7. The van der Waals surface area contributed by atoms with Crippen molar-refractivity contribution in [3.63, 3.8) is 0 Å². The molecule has 0 aliphatic heterocycles. The highest BCUT2D eigenvalue weighted by molar-refractivity contribution is 7.86. The van der Waals surface area contributed by atoms with E-state index < -0.39 is 33.1 Å². The van der Waals surface area contributed by atoms with Crippen LogP contribution in [0.5, 0.6) is 0 Å². The molecule has 2 aromatic carbocycles. The summed E-state index contributed by atoms with van der Waals surface area (Å²) in [4.78, 5) is -0.555. The normalized spacial score (nSPS) is 13.8. The molecule has 0 amide bonds. The first-order valence-electron chi connectivity index (χ1n) is 6.42. The second kappa shape index (κ2) is 6.29. The van der Waals surface area contributed by atoms with Crippen LogP contribution in [0.25, 0.3) is 0 Å². The lowest BCUT2D eigenvalue weighted by molar-refractivity contribution is -0.196. The van der Waals surface area contributed by atoms with E-state index >= 15 is 0 Å². The Morgan fingerprint density at radius 3 is 1.96 bits per heavy atom. The molecule has 124 valence electrons. The Morgan fingerprint density at radius 1 is 0.957 bits per heavy atom. The number of hydrogen-bond acceptors (Lipinski definition) is 3. The van der Waals surface area contributed by atoms with Crippen molar-refractivity contribution < 1.29 is 30.2 Å². The van der Waals surface area contributed by atoms with E-state index in [1.54, 1.807) is 6.92 Å². The maximum absolute atomic E-state index is 13.2. The van der Waals surface area contributed by atoms with Crippen molar-refractivity contribution in [2.45, 2.75) is 24.1 Å². The van der Waals surface area contributed by atoms with Crippen LogP contribution < -0.4 is 0 Å². The van der Waals surface area contributed by atoms with Gasteiger partial charge in [0.2, 0.25) is 0 Å². The van der Waals surface area contributed by atoms with Gasteiger partial charge in [0.25, 0.3) is 10.1 Å². The van der Waals surface area contributed by atoms with Crippen molar-refractivity contribution in [1.29, 1.82) is 0 Å². The molecule has 0 bridgehead atoms. The molecule has 2 rings (SSSR count). The van der Waals surface area contributed by atoms with Gasteiger partial charge < -0.3 is 0 Å². The molecular weight excluding hydrogens is 336 g/mol. The average molecular weight is 348 g/mol. The monoisotopic (exact) mass is 348 g/mol. The number of halogens is 4. The second-order valence-electron chi connectivity index (χ2n) is 4.84. The first kappa shape index (κ1) is 17.4. The van der Waals surface area contributed by atoms with E-state index in [1.165, 1.54) is 12.1 Å². The Kier molecular flexibility index (Phi) is 4.76. The summed E-state index contributed by atoms with van der Waals surface area (Å²) >= 11 is 0. The molecule has 0 N–H and O–H groups in total. The van der Waals surface area contributed by atoms with Gasteiger partial charge in [-0.15, -0.1) is 0 Å². The average Bonchev–Trinajstić information content (AvgIpc) is 2.45. The molecule has 0 aromatic heterocycles. The number of rotatable bonds is 4. The molecule has 1 unspecified atom stereocenters. The third-order valence-corrected chi connectivity index (χ3v) is 4.30. The molecule has 0 fully saturated rings. The fraction of sp³-hybridized carbons (Fsp3) is 0.200. The van der Waals surface area contributed by atoms with Crippen LogP contribution in [-0.4, -0.2) is 14.6 Å². The van der Waals surface area contributed by atoms with Crippen molar-refractivity contribution in [3.8, 4) is 0 Å². The Hall–Kier alpha value is -1.93. The van der Waals surface area contributed by atoms with Crippen LogP contribution in [0, 0.1) is 12.7 Å². The summed E-state index contributed by atoms with van der Waals surface area (Å²) in [5.74, 6) is -0.713. The summed E-state index contributed by atoms with van der Waals surface area (Å²) in [7, 11) is -4.70. The quantitative estimate of drug-likeness (QED) is 0.616. The van der Waals surface area contributed by atoms with Gasteiger partial charge in [0.05, 0.1) is 4.90 Å². The molecule has 0 aliphatic carbocycles. The number of alkyl halides is 3. The smallest absolute Gasteiger partial charge is 0.248 e. The van der Waals surface area contributed by atoms with Gasteiger partial charge in [0, 0.05) is 0 Å². The van der Waals surface area contributed by atoms with Crippen molar-refractivity contribution in [2.24, 2.45) is 0 Å². The van der Waals surface area contributed by atoms with Gasteiger partial charge in [0.15, 0.2) is 6.10 Å². The van der Waals surface area contributed by atoms with Gasteiger partial charge in [-0.3, -0.25) is 0 Å². The highest BCUT2D eigenvalue weighted by Crippen LogP contribution is 2.38. The van der Waals surface area contributed by atoms with E-state index in [4.69, 9.17) is 0 Å². The number of aryl methyl sites for hydroxylation is 1. The molecule has 0 heterocycles. The molecule has 0 aliphatic rings. The Balaban J connectivity index is 2.38. The number of hydrogen-bond donors (Lipinski definition) is 0. The van der Waals surface area contributed by atoms with Gasteiger partial charge in [-0.25, -0.2) is 8.57 Å². The van der Waals surface area contributed by atoms with Crippen LogP contribution in [0.15, 0.2) is 53.4 Å². The van der Waals surface area contributed by atoms with E-state index in [0.29, 0.717) is 0 Å². The summed E-state index contributed by atoms with van der Waals surface area (Å²) in [5.41, 5.74) is 0.379. The zero-order chi connectivity index (χ0) is 17.3. The molecule has 23 heavy (non-hydrogen) atoms. The van der Waals surface area contributed by atoms with Gasteiger partial charge in [0.1, 0.15) is 5.82 Å². The zero-order valence-electron chi connectivity index (χ0n) is 11.8. The van der Waals surface area contributed by atoms with E-state index in [0.717, 1.165) is 42.0 Å².